The molecular weight excluding hydrogens is 521 g/mol. The average molecular weight is 543 g/mol. The van der Waals surface area contributed by atoms with Crippen LogP contribution in [0.5, 0.6) is 0 Å². The first-order valence-corrected chi connectivity index (χ1v) is 15.2. The number of hydrogen-bond acceptors (Lipinski definition) is 2. The van der Waals surface area contributed by atoms with Crippen LogP contribution in [-0.2, 0) is 0 Å². The average Bonchev–Trinajstić information content (AvgIpc) is 3.57. The van der Waals surface area contributed by atoms with Gasteiger partial charge in [0, 0.05) is 25.6 Å². The normalized spacial score (nSPS) is 12.0. The molecule has 0 aliphatic heterocycles. The van der Waals surface area contributed by atoms with Crippen LogP contribution in [0.15, 0.2) is 133 Å². The minimum absolute atomic E-state index is 1.25. The third kappa shape index (κ3) is 3.18. The van der Waals surface area contributed by atoms with Gasteiger partial charge in [0.05, 0.1) is 4.01 Å². The molecule has 9 rings (SSSR count). The quantitative estimate of drug-likeness (QED) is 0.191. The summed E-state index contributed by atoms with van der Waals surface area (Å²) in [5, 5.41) is 12.0. The first-order valence-electron chi connectivity index (χ1n) is 13.6. The fourth-order valence-corrected chi connectivity index (χ4v) is 9.18. The molecule has 0 saturated carbocycles. The van der Waals surface area contributed by atoms with Crippen molar-refractivity contribution in [2.75, 3.05) is 0 Å². The molecule has 0 amide bonds. The fraction of sp³-hybridized carbons (Fsp3) is 0. The lowest BCUT2D eigenvalue weighted by Gasteiger charge is -2.12. The minimum atomic E-state index is 1.25. The SMILES string of the molecule is c1cc(-c2ccc3c4ccccc4c4ccccc4c3c2)cc(-c2cccc3c2sc2sc4ccccc4c23)c1. The van der Waals surface area contributed by atoms with Gasteiger partial charge < -0.3 is 0 Å². The van der Waals surface area contributed by atoms with E-state index in [1.54, 1.807) is 0 Å². The molecule has 40 heavy (non-hydrogen) atoms. The van der Waals surface area contributed by atoms with E-state index in [0.717, 1.165) is 0 Å². The minimum Gasteiger partial charge on any atom is -0.124 e. The van der Waals surface area contributed by atoms with Gasteiger partial charge >= 0.3 is 0 Å². The summed E-state index contributed by atoms with van der Waals surface area (Å²) in [7, 11) is 0. The van der Waals surface area contributed by atoms with Crippen molar-refractivity contribution in [2.45, 2.75) is 0 Å². The Morgan fingerprint density at radius 3 is 1.70 bits per heavy atom. The zero-order valence-corrected chi connectivity index (χ0v) is 23.2. The molecule has 2 aromatic heterocycles. The Hall–Kier alpha value is -4.50. The van der Waals surface area contributed by atoms with Crippen LogP contribution in [0.4, 0.5) is 0 Å². The van der Waals surface area contributed by atoms with Gasteiger partial charge in [-0.3, -0.25) is 0 Å². The summed E-state index contributed by atoms with van der Waals surface area (Å²) in [6.07, 6.45) is 0. The molecule has 0 bridgehead atoms. The van der Waals surface area contributed by atoms with Gasteiger partial charge in [-0.1, -0.05) is 115 Å². The summed E-state index contributed by atoms with van der Waals surface area (Å²) >= 11 is 3.85. The molecule has 0 aliphatic carbocycles. The number of thiophene rings is 2. The van der Waals surface area contributed by atoms with Gasteiger partial charge in [0.2, 0.25) is 0 Å². The van der Waals surface area contributed by atoms with Crippen molar-refractivity contribution in [1.29, 1.82) is 0 Å². The second-order valence-corrected chi connectivity index (χ2v) is 12.8. The summed E-state index contributed by atoms with van der Waals surface area (Å²) < 4.78 is 4.16. The Kier molecular flexibility index (Phi) is 4.74. The largest absolute Gasteiger partial charge is 0.124 e. The Balaban J connectivity index is 1.24. The molecule has 0 unspecified atom stereocenters. The highest BCUT2D eigenvalue weighted by Gasteiger charge is 2.16. The molecule has 0 spiro atoms. The molecule has 186 valence electrons. The maximum Gasteiger partial charge on any atom is 0.0890 e. The highest BCUT2D eigenvalue weighted by molar-refractivity contribution is 7.44. The van der Waals surface area contributed by atoms with Crippen LogP contribution >= 0.6 is 22.7 Å². The van der Waals surface area contributed by atoms with Crippen LogP contribution < -0.4 is 0 Å². The predicted octanol–water partition coefficient (Wildman–Crippen LogP) is 12.1. The highest BCUT2D eigenvalue weighted by Crippen LogP contribution is 2.47. The Morgan fingerprint density at radius 1 is 0.350 bits per heavy atom. The van der Waals surface area contributed by atoms with Crippen molar-refractivity contribution < 1.29 is 0 Å². The molecule has 9 aromatic rings. The topological polar surface area (TPSA) is 0 Å². The summed E-state index contributed by atoms with van der Waals surface area (Å²) in [4.78, 5) is 0. The third-order valence-corrected chi connectivity index (χ3v) is 10.8. The molecule has 0 fully saturated rings. The van der Waals surface area contributed by atoms with Crippen molar-refractivity contribution in [3.8, 4) is 22.3 Å². The second-order valence-electron chi connectivity index (χ2n) is 10.5. The number of fused-ring (bicyclic) bond motifs is 11. The van der Waals surface area contributed by atoms with Gasteiger partial charge in [-0.25, -0.2) is 0 Å². The van der Waals surface area contributed by atoms with Crippen LogP contribution in [0.1, 0.15) is 0 Å². The van der Waals surface area contributed by atoms with Gasteiger partial charge in [0.1, 0.15) is 0 Å². The maximum absolute atomic E-state index is 2.39. The van der Waals surface area contributed by atoms with Gasteiger partial charge in [-0.05, 0) is 72.8 Å². The standard InChI is InChI=1S/C38H22S2/c1-2-13-29-27(11-1)28-12-3-4-14-30(28)34-22-24(19-20-31(29)34)23-9-7-10-25(21-23)26-16-8-17-33-36-32-15-5-6-18-35(32)39-38(36)40-37(26)33/h1-22H. The van der Waals surface area contributed by atoms with Gasteiger partial charge in [0.15, 0.2) is 0 Å². The van der Waals surface area contributed by atoms with Crippen molar-refractivity contribution in [3.63, 3.8) is 0 Å². The zero-order chi connectivity index (χ0) is 26.2. The monoisotopic (exact) mass is 542 g/mol. The van der Waals surface area contributed by atoms with Crippen molar-refractivity contribution >= 4 is 84.6 Å². The van der Waals surface area contributed by atoms with E-state index in [9.17, 15) is 0 Å². The number of hydrogen-bond donors (Lipinski definition) is 0. The Labute approximate surface area is 239 Å². The molecule has 0 N–H and O–H groups in total. The van der Waals surface area contributed by atoms with Crippen molar-refractivity contribution in [1.82, 2.24) is 0 Å². The lowest BCUT2D eigenvalue weighted by Crippen LogP contribution is -1.86. The lowest BCUT2D eigenvalue weighted by atomic mass is 9.91. The number of benzene rings is 7. The van der Waals surface area contributed by atoms with Crippen molar-refractivity contribution in [2.24, 2.45) is 0 Å². The van der Waals surface area contributed by atoms with E-state index >= 15 is 0 Å². The molecule has 0 atom stereocenters. The number of rotatable bonds is 2. The van der Waals surface area contributed by atoms with E-state index in [1.165, 1.54) is 84.1 Å². The van der Waals surface area contributed by atoms with Crippen LogP contribution in [0.25, 0.3) is 84.1 Å². The predicted molar refractivity (Wildman–Crippen MR) is 178 cm³/mol. The summed E-state index contributed by atoms with van der Waals surface area (Å²) in [6, 6.07) is 49.2. The molecule has 7 aromatic carbocycles. The summed E-state index contributed by atoms with van der Waals surface area (Å²) in [5.74, 6) is 0. The van der Waals surface area contributed by atoms with Crippen LogP contribution in [0.2, 0.25) is 0 Å². The van der Waals surface area contributed by atoms with E-state index in [0.29, 0.717) is 0 Å². The highest BCUT2D eigenvalue weighted by atomic mass is 32.2. The van der Waals surface area contributed by atoms with Gasteiger partial charge in [0.25, 0.3) is 0 Å². The molecule has 0 nitrogen and oxygen atoms in total. The molecule has 2 heterocycles. The van der Waals surface area contributed by atoms with E-state index in [1.807, 2.05) is 22.7 Å². The Bertz CT molecular complexity index is 2400. The van der Waals surface area contributed by atoms with Crippen LogP contribution in [0.3, 0.4) is 0 Å². The van der Waals surface area contributed by atoms with E-state index in [4.69, 9.17) is 0 Å². The van der Waals surface area contributed by atoms with Crippen LogP contribution in [-0.4, -0.2) is 0 Å². The van der Waals surface area contributed by atoms with Crippen molar-refractivity contribution in [3.05, 3.63) is 133 Å². The zero-order valence-electron chi connectivity index (χ0n) is 21.5. The smallest absolute Gasteiger partial charge is 0.0890 e. The fourth-order valence-electron chi connectivity index (χ4n) is 6.47. The lowest BCUT2D eigenvalue weighted by molar-refractivity contribution is 1.63. The Morgan fingerprint density at radius 2 is 0.925 bits per heavy atom. The summed E-state index contributed by atoms with van der Waals surface area (Å²) in [5.41, 5.74) is 5.08. The molecule has 0 saturated heterocycles. The first-order chi connectivity index (χ1) is 19.8. The molecular formula is C38H22S2. The maximum atomic E-state index is 2.39. The molecule has 2 heteroatoms. The van der Waals surface area contributed by atoms with E-state index in [-0.39, 0.29) is 0 Å². The first kappa shape index (κ1) is 22.3. The second kappa shape index (κ2) is 8.50. The van der Waals surface area contributed by atoms with E-state index in [2.05, 4.69) is 133 Å². The third-order valence-electron chi connectivity index (χ3n) is 8.29. The van der Waals surface area contributed by atoms with Gasteiger partial charge in [-0.2, -0.15) is 0 Å². The molecule has 0 aliphatic rings. The van der Waals surface area contributed by atoms with Gasteiger partial charge in [-0.15, -0.1) is 22.7 Å². The van der Waals surface area contributed by atoms with Crippen LogP contribution in [0, 0.1) is 0 Å². The summed E-state index contributed by atoms with van der Waals surface area (Å²) in [6.45, 7) is 0. The van der Waals surface area contributed by atoms with E-state index < -0.39 is 0 Å². The molecule has 0 radical (unpaired) electrons.